The van der Waals surface area contributed by atoms with E-state index >= 15 is 0 Å². The van der Waals surface area contributed by atoms with Crippen LogP contribution in [0.4, 0.5) is 23.4 Å². The highest BCUT2D eigenvalue weighted by atomic mass is 79.9. The molecule has 2 heterocycles. The Morgan fingerprint density at radius 3 is 2.44 bits per heavy atom. The van der Waals surface area contributed by atoms with Gasteiger partial charge in [0, 0.05) is 33.8 Å². The molecule has 27 heavy (non-hydrogen) atoms. The third-order valence-electron chi connectivity index (χ3n) is 3.20. The molecule has 7 nitrogen and oxygen atoms in total. The van der Waals surface area contributed by atoms with E-state index in [9.17, 15) is 22.4 Å². The average Bonchev–Trinajstić information content (AvgIpc) is 2.64. The fraction of sp³-hybridized carbons (Fsp3) is 0.333. The highest BCUT2D eigenvalue weighted by molar-refractivity contribution is 9.10. The summed E-state index contributed by atoms with van der Waals surface area (Å²) in [6.45, 7) is 1.58. The van der Waals surface area contributed by atoms with E-state index in [1.165, 1.54) is 24.7 Å². The Labute approximate surface area is 159 Å². The van der Waals surface area contributed by atoms with E-state index in [2.05, 4.69) is 20.4 Å². The predicted molar refractivity (Wildman–Crippen MR) is 91.6 cm³/mol. The number of carbonyl (C=O) groups excluding carboxylic acids is 1. The molecule has 12 heteroatoms. The van der Waals surface area contributed by atoms with Crippen LogP contribution in [0.2, 0.25) is 0 Å². The number of amides is 1. The van der Waals surface area contributed by atoms with Gasteiger partial charge >= 0.3 is 10.7 Å². The zero-order valence-corrected chi connectivity index (χ0v) is 15.4. The number of pyridine rings is 1. The van der Waals surface area contributed by atoms with Crippen molar-refractivity contribution < 1.29 is 27.1 Å². The largest absolute Gasteiger partial charge is 0.468 e. The minimum absolute atomic E-state index is 0.0273. The van der Waals surface area contributed by atoms with Gasteiger partial charge in [0.2, 0.25) is 5.88 Å². The molecule has 0 aliphatic carbocycles. The van der Waals surface area contributed by atoms with Gasteiger partial charge in [-0.05, 0) is 12.5 Å². The van der Waals surface area contributed by atoms with Crippen molar-refractivity contribution in [1.82, 2.24) is 20.4 Å². The lowest BCUT2D eigenvalue weighted by Crippen LogP contribution is -2.39. The summed E-state index contributed by atoms with van der Waals surface area (Å²) in [6.07, 6.45) is 0.168. The van der Waals surface area contributed by atoms with Crippen molar-refractivity contribution in [3.05, 3.63) is 30.7 Å². The zero-order valence-electron chi connectivity index (χ0n) is 13.8. The molecule has 0 spiro atoms. The van der Waals surface area contributed by atoms with Gasteiger partial charge in [0.25, 0.3) is 6.43 Å². The van der Waals surface area contributed by atoms with Crippen molar-refractivity contribution in [3.8, 4) is 17.1 Å². The van der Waals surface area contributed by atoms with E-state index in [0.29, 0.717) is 11.3 Å². The van der Waals surface area contributed by atoms with E-state index in [1.807, 2.05) is 15.9 Å². The monoisotopic (exact) mass is 451 g/mol. The van der Waals surface area contributed by atoms with Crippen LogP contribution in [-0.4, -0.2) is 38.2 Å². The maximum atomic E-state index is 12.7. The fourth-order valence-electron chi connectivity index (χ4n) is 1.80. The minimum atomic E-state index is -3.72. The third kappa shape index (κ3) is 6.01. The minimum Gasteiger partial charge on any atom is -0.468 e. The van der Waals surface area contributed by atoms with Crippen molar-refractivity contribution in [3.63, 3.8) is 0 Å². The predicted octanol–water partition coefficient (Wildman–Crippen LogP) is 3.39. The Bertz CT molecular complexity index is 756. The van der Waals surface area contributed by atoms with Gasteiger partial charge in [-0.2, -0.15) is 8.78 Å². The smallest absolute Gasteiger partial charge is 0.379 e. The van der Waals surface area contributed by atoms with E-state index in [0.717, 1.165) is 0 Å². The summed E-state index contributed by atoms with van der Waals surface area (Å²) >= 11 is 1.91. The summed E-state index contributed by atoms with van der Waals surface area (Å²) in [5.41, 5.74) is 4.86. The van der Waals surface area contributed by atoms with Crippen molar-refractivity contribution in [2.24, 2.45) is 0 Å². The van der Waals surface area contributed by atoms with E-state index < -0.39 is 23.3 Å². The number of alkyl halides is 5. The molecule has 1 atom stereocenters. The molecule has 2 N–H and O–H groups in total. The van der Waals surface area contributed by atoms with Crippen LogP contribution in [0.3, 0.4) is 0 Å². The first-order chi connectivity index (χ1) is 12.7. The highest BCUT2D eigenvalue weighted by Gasteiger charge is 2.34. The Kier molecular flexibility index (Phi) is 6.88. The van der Waals surface area contributed by atoms with Gasteiger partial charge in [-0.15, -0.1) is 0 Å². The molecular formula is C15H14BrF4N5O2. The fourth-order valence-corrected chi connectivity index (χ4v) is 1.90. The van der Waals surface area contributed by atoms with Gasteiger partial charge < -0.3 is 4.74 Å². The SMILES string of the molecule is CCC(Oc1ccc(-c2cnc(NNC(=O)C(F)(F)Br)cn2)cn1)C(F)F. The molecule has 0 aromatic carbocycles. The molecular weight excluding hydrogens is 438 g/mol. The van der Waals surface area contributed by atoms with Crippen molar-refractivity contribution in [1.29, 1.82) is 0 Å². The number of anilines is 1. The summed E-state index contributed by atoms with van der Waals surface area (Å²) in [6, 6.07) is 2.98. The van der Waals surface area contributed by atoms with Crippen LogP contribution in [0.5, 0.6) is 5.88 Å². The summed E-state index contributed by atoms with van der Waals surface area (Å²) in [5.74, 6) is -1.52. The number of ether oxygens (including phenoxy) is 1. The van der Waals surface area contributed by atoms with Crippen LogP contribution in [0.25, 0.3) is 11.3 Å². The second-order valence-electron chi connectivity index (χ2n) is 5.15. The van der Waals surface area contributed by atoms with Crippen LogP contribution < -0.4 is 15.6 Å². The zero-order chi connectivity index (χ0) is 20.0. The Morgan fingerprint density at radius 2 is 1.96 bits per heavy atom. The van der Waals surface area contributed by atoms with Crippen LogP contribution in [0.1, 0.15) is 13.3 Å². The van der Waals surface area contributed by atoms with Crippen LogP contribution >= 0.6 is 15.9 Å². The molecule has 2 aromatic rings. The van der Waals surface area contributed by atoms with Gasteiger partial charge in [0.15, 0.2) is 11.9 Å². The average molecular weight is 452 g/mol. The van der Waals surface area contributed by atoms with Crippen molar-refractivity contribution in [2.45, 2.75) is 30.7 Å². The summed E-state index contributed by atoms with van der Waals surface area (Å²) in [7, 11) is 0. The summed E-state index contributed by atoms with van der Waals surface area (Å²) in [5, 5.41) is 0. The Morgan fingerprint density at radius 1 is 1.22 bits per heavy atom. The van der Waals surface area contributed by atoms with Crippen molar-refractivity contribution >= 4 is 27.7 Å². The normalized spacial score (nSPS) is 12.6. The number of hydrazine groups is 1. The molecule has 2 aromatic heterocycles. The lowest BCUT2D eigenvalue weighted by atomic mass is 10.2. The number of nitrogens with one attached hydrogen (secondary N) is 2. The molecule has 0 fully saturated rings. The van der Waals surface area contributed by atoms with E-state index in [-0.39, 0.29) is 18.1 Å². The number of nitrogens with zero attached hydrogens (tertiary/aromatic N) is 3. The van der Waals surface area contributed by atoms with Crippen LogP contribution in [0, 0.1) is 0 Å². The second-order valence-corrected chi connectivity index (χ2v) is 6.14. The van der Waals surface area contributed by atoms with Crippen LogP contribution in [-0.2, 0) is 4.79 Å². The van der Waals surface area contributed by atoms with Gasteiger partial charge in [0.1, 0.15) is 0 Å². The number of rotatable bonds is 8. The Hall–Kier alpha value is -2.50. The van der Waals surface area contributed by atoms with Gasteiger partial charge in [-0.3, -0.25) is 20.6 Å². The molecule has 0 saturated carbocycles. The lowest BCUT2D eigenvalue weighted by Gasteiger charge is -2.15. The highest BCUT2D eigenvalue weighted by Crippen LogP contribution is 2.22. The number of hydrogen-bond acceptors (Lipinski definition) is 6. The van der Waals surface area contributed by atoms with Gasteiger partial charge in [0.05, 0.1) is 18.1 Å². The molecule has 1 unspecified atom stereocenters. The molecule has 0 aliphatic rings. The Balaban J connectivity index is 1.99. The number of aromatic nitrogens is 3. The molecule has 0 radical (unpaired) electrons. The lowest BCUT2D eigenvalue weighted by molar-refractivity contribution is -0.133. The third-order valence-corrected chi connectivity index (χ3v) is 3.56. The molecule has 0 saturated heterocycles. The number of carbonyl (C=O) groups is 1. The first-order valence-electron chi connectivity index (χ1n) is 7.57. The second kappa shape index (κ2) is 8.93. The maximum absolute atomic E-state index is 12.7. The van der Waals surface area contributed by atoms with Gasteiger partial charge in [-0.1, -0.05) is 6.92 Å². The standard InChI is InChI=1S/C15H14BrF4N5O2/c1-2-10(13(17)18)27-12-4-3-8(5-23-12)9-6-22-11(7-21-9)24-25-14(26)15(16,19)20/h3-7,10,13H,2H2,1H3,(H,22,24)(H,25,26). The molecule has 1 amide bonds. The van der Waals surface area contributed by atoms with Crippen LogP contribution in [0.15, 0.2) is 30.7 Å². The molecule has 0 bridgehead atoms. The summed E-state index contributed by atoms with van der Waals surface area (Å²) < 4.78 is 55.8. The van der Waals surface area contributed by atoms with Crippen molar-refractivity contribution in [2.75, 3.05) is 5.43 Å². The molecule has 0 aliphatic heterocycles. The van der Waals surface area contributed by atoms with E-state index in [1.54, 1.807) is 18.4 Å². The first kappa shape index (κ1) is 20.8. The quantitative estimate of drug-likeness (QED) is 0.363. The number of halogens is 5. The first-order valence-corrected chi connectivity index (χ1v) is 8.36. The number of hydrogen-bond donors (Lipinski definition) is 2. The topological polar surface area (TPSA) is 89.0 Å². The van der Waals surface area contributed by atoms with E-state index in [4.69, 9.17) is 4.74 Å². The maximum Gasteiger partial charge on any atom is 0.379 e. The van der Waals surface area contributed by atoms with Gasteiger partial charge in [-0.25, -0.2) is 18.7 Å². The molecule has 146 valence electrons. The summed E-state index contributed by atoms with van der Waals surface area (Å²) in [4.78, 5) is 19.2. The molecule has 2 rings (SSSR count).